The number of ether oxygens (including phenoxy) is 1. The molecular weight excluding hydrogens is 360 g/mol. The largest absolute Gasteiger partial charge is 0.491 e. The molecule has 0 atom stereocenters. The minimum atomic E-state index is 0.00236. The van der Waals surface area contributed by atoms with Crippen molar-refractivity contribution in [2.45, 2.75) is 56.6 Å². The summed E-state index contributed by atoms with van der Waals surface area (Å²) in [6.45, 7) is 5.05. The zero-order chi connectivity index (χ0) is 18.8. The van der Waals surface area contributed by atoms with Gasteiger partial charge in [0.15, 0.2) is 5.16 Å². The Bertz CT molecular complexity index is 827. The highest BCUT2D eigenvalue weighted by Crippen LogP contribution is 2.45. The van der Waals surface area contributed by atoms with E-state index in [1.807, 2.05) is 19.1 Å². The van der Waals surface area contributed by atoms with Gasteiger partial charge in [0, 0.05) is 12.0 Å². The number of nitrogens with one attached hydrogen (secondary N) is 1. The third-order valence-corrected chi connectivity index (χ3v) is 5.83. The first kappa shape index (κ1) is 18.3. The van der Waals surface area contributed by atoms with Gasteiger partial charge in [-0.1, -0.05) is 29.5 Å². The van der Waals surface area contributed by atoms with Crippen molar-refractivity contribution in [2.24, 2.45) is 0 Å². The summed E-state index contributed by atoms with van der Waals surface area (Å²) < 4.78 is 8.03. The summed E-state index contributed by atoms with van der Waals surface area (Å²) in [6, 6.07) is 6.65. The van der Waals surface area contributed by atoms with Crippen LogP contribution in [0, 0.1) is 13.8 Å². The van der Waals surface area contributed by atoms with E-state index in [4.69, 9.17) is 4.74 Å². The number of amides is 1. The van der Waals surface area contributed by atoms with E-state index in [2.05, 4.69) is 33.1 Å². The van der Waals surface area contributed by atoms with Gasteiger partial charge in [-0.3, -0.25) is 4.79 Å². The lowest BCUT2D eigenvalue weighted by molar-refractivity contribution is -0.118. The molecule has 0 saturated heterocycles. The fourth-order valence-electron chi connectivity index (χ4n) is 3.18. The van der Waals surface area contributed by atoms with Crippen molar-refractivity contribution < 1.29 is 9.53 Å². The summed E-state index contributed by atoms with van der Waals surface area (Å²) in [5, 5.41) is 12.5. The smallest absolute Gasteiger partial charge is 0.230 e. The molecule has 0 unspecified atom stereocenters. The number of aryl methyl sites for hydroxylation is 2. The highest BCUT2D eigenvalue weighted by molar-refractivity contribution is 7.99. The number of carbonyl (C=O) groups is 1. The van der Waals surface area contributed by atoms with Crippen LogP contribution >= 0.6 is 11.8 Å². The third kappa shape index (κ3) is 4.64. The monoisotopic (exact) mass is 386 g/mol. The Balaban J connectivity index is 1.21. The maximum atomic E-state index is 12.1. The minimum absolute atomic E-state index is 0.00236. The van der Waals surface area contributed by atoms with Gasteiger partial charge in [0.1, 0.15) is 18.2 Å². The number of rotatable bonds is 9. The van der Waals surface area contributed by atoms with E-state index in [0.717, 1.165) is 22.3 Å². The Morgan fingerprint density at radius 2 is 2.07 bits per heavy atom. The number of nitrogens with zero attached hydrogens (tertiary/aromatic N) is 3. The van der Waals surface area contributed by atoms with Crippen LogP contribution in [0.3, 0.4) is 0 Å². The number of carbonyl (C=O) groups excluding carboxylic acids is 1. The van der Waals surface area contributed by atoms with Gasteiger partial charge in [-0.05, 0) is 51.2 Å². The molecule has 2 aliphatic rings. The predicted molar refractivity (Wildman–Crippen MR) is 105 cm³/mol. The Morgan fingerprint density at radius 3 is 2.78 bits per heavy atom. The summed E-state index contributed by atoms with van der Waals surface area (Å²) in [5.41, 5.74) is 2.33. The number of benzene rings is 1. The van der Waals surface area contributed by atoms with E-state index in [1.54, 1.807) is 0 Å². The third-order valence-electron chi connectivity index (χ3n) is 4.89. The molecule has 0 spiro atoms. The maximum absolute atomic E-state index is 12.1. The highest BCUT2D eigenvalue weighted by atomic mass is 32.2. The van der Waals surface area contributed by atoms with Crippen molar-refractivity contribution in [3.8, 4) is 5.75 Å². The van der Waals surface area contributed by atoms with Gasteiger partial charge in [-0.15, -0.1) is 10.2 Å². The van der Waals surface area contributed by atoms with Gasteiger partial charge in [-0.2, -0.15) is 0 Å². The van der Waals surface area contributed by atoms with Gasteiger partial charge in [0.05, 0.1) is 12.3 Å². The second-order valence-corrected chi connectivity index (χ2v) is 8.41. The number of thioether (sulfide) groups is 1. The molecule has 0 radical (unpaired) electrons. The zero-order valence-corrected chi connectivity index (χ0v) is 16.7. The summed E-state index contributed by atoms with van der Waals surface area (Å²) in [4.78, 5) is 12.1. The van der Waals surface area contributed by atoms with E-state index >= 15 is 0 Å². The predicted octanol–water partition coefficient (Wildman–Crippen LogP) is 3.39. The van der Waals surface area contributed by atoms with Crippen molar-refractivity contribution in [2.75, 3.05) is 18.9 Å². The van der Waals surface area contributed by atoms with E-state index in [9.17, 15) is 4.79 Å². The first-order valence-corrected chi connectivity index (χ1v) is 10.6. The van der Waals surface area contributed by atoms with Crippen LogP contribution < -0.4 is 10.1 Å². The first-order chi connectivity index (χ1) is 13.1. The SMILES string of the molecule is Cc1ccc(OCCNC(=O)CSc2nnc(C3CC3)n2C2CC2)c(C)c1. The van der Waals surface area contributed by atoms with E-state index in [1.165, 1.54) is 43.0 Å². The van der Waals surface area contributed by atoms with Crippen LogP contribution in [0.4, 0.5) is 0 Å². The lowest BCUT2D eigenvalue weighted by Crippen LogP contribution is -2.29. The molecule has 1 aromatic carbocycles. The molecular formula is C20H26N4O2S. The van der Waals surface area contributed by atoms with Crippen LogP contribution in [0.2, 0.25) is 0 Å². The Hall–Kier alpha value is -2.02. The molecule has 0 bridgehead atoms. The standard InChI is InChI=1S/C20H26N4O2S/c1-13-3-8-17(14(2)11-13)26-10-9-21-18(25)12-27-20-23-22-19(15-4-5-15)24(20)16-6-7-16/h3,8,11,15-16H,4-7,9-10,12H2,1-2H3,(H,21,25). The molecule has 2 aromatic rings. The van der Waals surface area contributed by atoms with Crippen LogP contribution in [0.25, 0.3) is 0 Å². The molecule has 27 heavy (non-hydrogen) atoms. The van der Waals surface area contributed by atoms with Gasteiger partial charge in [0.25, 0.3) is 0 Å². The molecule has 2 aliphatic carbocycles. The topological polar surface area (TPSA) is 69.0 Å². The second kappa shape index (κ2) is 7.92. The van der Waals surface area contributed by atoms with Crippen molar-refractivity contribution in [1.29, 1.82) is 0 Å². The highest BCUT2D eigenvalue weighted by Gasteiger charge is 2.36. The van der Waals surface area contributed by atoms with E-state index in [0.29, 0.717) is 30.9 Å². The minimum Gasteiger partial charge on any atom is -0.491 e. The molecule has 144 valence electrons. The fourth-order valence-corrected chi connectivity index (χ4v) is 4.02. The number of hydrogen-bond donors (Lipinski definition) is 1. The average molecular weight is 387 g/mol. The fraction of sp³-hybridized carbons (Fsp3) is 0.550. The lowest BCUT2D eigenvalue weighted by Gasteiger charge is -2.11. The summed E-state index contributed by atoms with van der Waals surface area (Å²) in [5.74, 6) is 2.95. The van der Waals surface area contributed by atoms with Crippen molar-refractivity contribution >= 4 is 17.7 Å². The molecule has 7 heteroatoms. The van der Waals surface area contributed by atoms with Crippen LogP contribution in [0.15, 0.2) is 23.4 Å². The molecule has 1 N–H and O–H groups in total. The molecule has 6 nitrogen and oxygen atoms in total. The molecule has 2 saturated carbocycles. The van der Waals surface area contributed by atoms with Crippen LogP contribution in [-0.4, -0.2) is 39.6 Å². The molecule has 2 fully saturated rings. The van der Waals surface area contributed by atoms with Gasteiger partial charge >= 0.3 is 0 Å². The normalized spacial score (nSPS) is 16.4. The average Bonchev–Trinajstić information content (AvgIpc) is 3.57. The lowest BCUT2D eigenvalue weighted by atomic mass is 10.1. The van der Waals surface area contributed by atoms with E-state index in [-0.39, 0.29) is 5.91 Å². The summed E-state index contributed by atoms with van der Waals surface area (Å²) in [6.07, 6.45) is 4.84. The van der Waals surface area contributed by atoms with Crippen LogP contribution in [0.5, 0.6) is 5.75 Å². The van der Waals surface area contributed by atoms with Gasteiger partial charge in [0.2, 0.25) is 5.91 Å². The van der Waals surface area contributed by atoms with Crippen molar-refractivity contribution in [3.63, 3.8) is 0 Å². The Kier molecular flexibility index (Phi) is 5.38. The van der Waals surface area contributed by atoms with Gasteiger partial charge in [-0.25, -0.2) is 0 Å². The van der Waals surface area contributed by atoms with Crippen LogP contribution in [-0.2, 0) is 4.79 Å². The first-order valence-electron chi connectivity index (χ1n) is 9.66. The Labute approximate surface area is 164 Å². The summed E-state index contributed by atoms with van der Waals surface area (Å²) >= 11 is 1.48. The maximum Gasteiger partial charge on any atom is 0.230 e. The van der Waals surface area contributed by atoms with Crippen LogP contribution in [0.1, 0.15) is 54.6 Å². The van der Waals surface area contributed by atoms with E-state index < -0.39 is 0 Å². The summed E-state index contributed by atoms with van der Waals surface area (Å²) in [7, 11) is 0. The number of hydrogen-bond acceptors (Lipinski definition) is 5. The van der Waals surface area contributed by atoms with Gasteiger partial charge < -0.3 is 14.6 Å². The number of aromatic nitrogens is 3. The molecule has 1 aromatic heterocycles. The Morgan fingerprint density at radius 1 is 1.26 bits per heavy atom. The van der Waals surface area contributed by atoms with Crippen molar-refractivity contribution in [3.05, 3.63) is 35.2 Å². The zero-order valence-electron chi connectivity index (χ0n) is 15.9. The van der Waals surface area contributed by atoms with Crippen molar-refractivity contribution in [1.82, 2.24) is 20.1 Å². The molecule has 1 heterocycles. The second-order valence-electron chi connectivity index (χ2n) is 7.47. The molecule has 0 aliphatic heterocycles. The molecule has 4 rings (SSSR count). The molecule has 1 amide bonds. The quantitative estimate of drug-likeness (QED) is 0.528.